The number of hydrogen-bond acceptors (Lipinski definition) is 7. The lowest BCUT2D eigenvalue weighted by Crippen LogP contribution is -2.50. The maximum atomic E-state index is 13.3. The Morgan fingerprint density at radius 1 is 1.21 bits per heavy atom. The van der Waals surface area contributed by atoms with Crippen LogP contribution in [0.1, 0.15) is 66.1 Å². The first-order valence-electron chi connectivity index (χ1n) is 13.8. The number of likely N-dealkylation sites (tertiary alicyclic amines) is 1. The highest BCUT2D eigenvalue weighted by Gasteiger charge is 2.29. The molecule has 0 bridgehead atoms. The number of methoxy groups -OCH3 is 1. The average molecular weight is 540 g/mol. The topological polar surface area (TPSA) is 79.8 Å². The number of fused-ring (bicyclic) bond motifs is 1. The maximum Gasteiger partial charge on any atom is 0.253 e. The lowest BCUT2D eigenvalue weighted by atomic mass is 10.0. The molecular weight excluding hydrogens is 502 g/mol. The number of carbonyl (C=O) groups is 1. The van der Waals surface area contributed by atoms with Crippen LogP contribution in [0.3, 0.4) is 0 Å². The maximum absolute atomic E-state index is 13.3. The molecule has 0 radical (unpaired) electrons. The Morgan fingerprint density at radius 3 is 2.68 bits per heavy atom. The highest BCUT2D eigenvalue weighted by molar-refractivity contribution is 6.49. The fourth-order valence-corrected chi connectivity index (χ4v) is 5.79. The van der Waals surface area contributed by atoms with Gasteiger partial charge in [0.05, 0.1) is 31.6 Å². The molecule has 0 saturated carbocycles. The van der Waals surface area contributed by atoms with Crippen LogP contribution >= 0.6 is 11.6 Å². The van der Waals surface area contributed by atoms with Crippen molar-refractivity contribution in [2.75, 3.05) is 51.8 Å². The van der Waals surface area contributed by atoms with Crippen LogP contribution < -0.4 is 10.1 Å². The normalized spacial score (nSPS) is 19.2. The second-order valence-electron chi connectivity index (χ2n) is 10.4. The number of nitrogens with one attached hydrogen (secondary N) is 1. The van der Waals surface area contributed by atoms with Gasteiger partial charge in [-0.25, -0.2) is 9.97 Å². The number of hydrogen-bond donors (Lipinski definition) is 1. The molecule has 2 fully saturated rings. The van der Waals surface area contributed by atoms with E-state index in [1.807, 2.05) is 29.2 Å². The molecule has 0 unspecified atom stereocenters. The number of halogens is 1. The van der Waals surface area contributed by atoms with E-state index in [0.717, 1.165) is 81.3 Å². The van der Waals surface area contributed by atoms with E-state index in [4.69, 9.17) is 31.0 Å². The molecule has 5 rings (SSSR count). The van der Waals surface area contributed by atoms with Crippen molar-refractivity contribution in [3.8, 4) is 5.75 Å². The van der Waals surface area contributed by atoms with E-state index in [1.165, 1.54) is 0 Å². The van der Waals surface area contributed by atoms with Gasteiger partial charge in [-0.05, 0) is 38.3 Å². The van der Waals surface area contributed by atoms with E-state index in [9.17, 15) is 4.79 Å². The van der Waals surface area contributed by atoms with Crippen LogP contribution in [0.25, 0.3) is 5.03 Å². The first-order valence-corrected chi connectivity index (χ1v) is 14.1. The molecule has 2 saturated heterocycles. The molecule has 1 atom stereocenters. The number of rotatable bonds is 8. The Morgan fingerprint density at radius 2 is 1.97 bits per heavy atom. The molecule has 1 aromatic carbocycles. The Bertz CT molecular complexity index is 1190. The SMILES string of the molecule is CC[C@H](C)Nc1nc(Cc2ccc(C(=O)N3CCC(N4CCOCC4)CC3)cc2OC)nc2c1C(Cl)=CC2. The largest absolute Gasteiger partial charge is 0.496 e. The number of ether oxygens (including phenoxy) is 2. The second kappa shape index (κ2) is 12.0. The summed E-state index contributed by atoms with van der Waals surface area (Å²) in [5.41, 5.74) is 3.44. The number of carbonyl (C=O) groups excluding carboxylic acids is 1. The van der Waals surface area contributed by atoms with Gasteiger partial charge in [0, 0.05) is 67.3 Å². The van der Waals surface area contributed by atoms with Crippen LogP contribution in [0.5, 0.6) is 5.75 Å². The first kappa shape index (κ1) is 26.9. The summed E-state index contributed by atoms with van der Waals surface area (Å²) in [4.78, 5) is 27.5. The van der Waals surface area contributed by atoms with E-state index in [1.54, 1.807) is 7.11 Å². The molecule has 8 nitrogen and oxygen atoms in total. The molecule has 3 heterocycles. The molecule has 38 heavy (non-hydrogen) atoms. The predicted molar refractivity (Wildman–Crippen MR) is 150 cm³/mol. The predicted octanol–water partition coefficient (Wildman–Crippen LogP) is 4.36. The van der Waals surface area contributed by atoms with E-state index in [2.05, 4.69) is 24.1 Å². The third-order valence-electron chi connectivity index (χ3n) is 7.94. The quantitative estimate of drug-likeness (QED) is 0.534. The number of nitrogens with zero attached hydrogens (tertiary/aromatic N) is 4. The molecule has 204 valence electrons. The molecule has 2 aromatic rings. The molecule has 0 spiro atoms. The third kappa shape index (κ3) is 5.82. The van der Waals surface area contributed by atoms with Crippen molar-refractivity contribution < 1.29 is 14.3 Å². The molecular formula is C29H38ClN5O3. The van der Waals surface area contributed by atoms with Crippen molar-refractivity contribution in [2.45, 2.75) is 58.0 Å². The standard InChI is InChI=1S/C29H38ClN5O3/c1-4-19(2)31-28-27-23(30)7-8-24(27)32-26(33-28)18-20-5-6-21(17-25(20)37-3)29(36)35-11-9-22(10-12-35)34-13-15-38-16-14-34/h5-7,17,19,22H,4,8-16,18H2,1-3H3,(H,31,32,33)/t19-/m0/s1. The third-order valence-corrected chi connectivity index (χ3v) is 8.28. The minimum Gasteiger partial charge on any atom is -0.496 e. The van der Waals surface area contributed by atoms with Crippen LogP contribution in [-0.4, -0.2) is 84.3 Å². The van der Waals surface area contributed by atoms with Crippen molar-refractivity contribution in [3.05, 3.63) is 52.5 Å². The Hall–Kier alpha value is -2.68. The van der Waals surface area contributed by atoms with Gasteiger partial charge in [-0.1, -0.05) is 30.7 Å². The minimum atomic E-state index is 0.0600. The highest BCUT2D eigenvalue weighted by atomic mass is 35.5. The Kier molecular flexibility index (Phi) is 8.51. The number of benzene rings is 1. The van der Waals surface area contributed by atoms with E-state index in [-0.39, 0.29) is 11.9 Å². The van der Waals surface area contributed by atoms with E-state index < -0.39 is 0 Å². The summed E-state index contributed by atoms with van der Waals surface area (Å²) in [5, 5.41) is 4.20. The number of aromatic nitrogens is 2. The van der Waals surface area contributed by atoms with Gasteiger partial charge in [0.25, 0.3) is 5.91 Å². The summed E-state index contributed by atoms with van der Waals surface area (Å²) in [6, 6.07) is 6.53. The van der Waals surface area contributed by atoms with Crippen molar-refractivity contribution in [1.29, 1.82) is 0 Å². The molecule has 2 aliphatic heterocycles. The van der Waals surface area contributed by atoms with Crippen LogP contribution in [0.4, 0.5) is 5.82 Å². The monoisotopic (exact) mass is 539 g/mol. The van der Waals surface area contributed by atoms with Crippen molar-refractivity contribution in [1.82, 2.24) is 19.8 Å². The van der Waals surface area contributed by atoms with Gasteiger partial charge in [-0.2, -0.15) is 0 Å². The van der Waals surface area contributed by atoms with Gasteiger partial charge in [0.2, 0.25) is 0 Å². The molecule has 1 N–H and O–H groups in total. The van der Waals surface area contributed by atoms with Crippen LogP contribution in [0, 0.1) is 0 Å². The lowest BCUT2D eigenvalue weighted by molar-refractivity contribution is 0.00158. The van der Waals surface area contributed by atoms with Crippen molar-refractivity contribution >= 4 is 28.4 Å². The van der Waals surface area contributed by atoms with Gasteiger partial charge in [-0.3, -0.25) is 9.69 Å². The van der Waals surface area contributed by atoms with Crippen LogP contribution in [0.2, 0.25) is 0 Å². The second-order valence-corrected chi connectivity index (χ2v) is 10.8. The Labute approximate surface area is 230 Å². The van der Waals surface area contributed by atoms with Crippen LogP contribution in [0.15, 0.2) is 24.3 Å². The van der Waals surface area contributed by atoms with Gasteiger partial charge >= 0.3 is 0 Å². The van der Waals surface area contributed by atoms with Gasteiger partial charge in [0.1, 0.15) is 17.4 Å². The molecule has 9 heteroatoms. The highest BCUT2D eigenvalue weighted by Crippen LogP contribution is 2.35. The van der Waals surface area contributed by atoms with E-state index >= 15 is 0 Å². The summed E-state index contributed by atoms with van der Waals surface area (Å²) in [7, 11) is 1.64. The van der Waals surface area contributed by atoms with Crippen LogP contribution in [-0.2, 0) is 17.6 Å². The number of piperidine rings is 1. The van der Waals surface area contributed by atoms with E-state index in [0.29, 0.717) is 41.1 Å². The summed E-state index contributed by atoms with van der Waals surface area (Å²) in [5.74, 6) is 2.22. The smallest absolute Gasteiger partial charge is 0.253 e. The van der Waals surface area contributed by atoms with Crippen molar-refractivity contribution in [2.24, 2.45) is 0 Å². The number of allylic oxidation sites excluding steroid dienone is 1. The summed E-state index contributed by atoms with van der Waals surface area (Å²) >= 11 is 6.47. The number of morpholine rings is 1. The summed E-state index contributed by atoms with van der Waals surface area (Å²) in [6.45, 7) is 9.41. The number of anilines is 1. The first-order chi connectivity index (χ1) is 18.5. The zero-order chi connectivity index (χ0) is 26.6. The zero-order valence-corrected chi connectivity index (χ0v) is 23.4. The lowest BCUT2D eigenvalue weighted by Gasteiger charge is -2.40. The van der Waals surface area contributed by atoms with Gasteiger partial charge in [0.15, 0.2) is 0 Å². The summed E-state index contributed by atoms with van der Waals surface area (Å²) in [6.07, 6.45) is 6.17. The minimum absolute atomic E-state index is 0.0600. The van der Waals surface area contributed by atoms with Crippen molar-refractivity contribution in [3.63, 3.8) is 0 Å². The fourth-order valence-electron chi connectivity index (χ4n) is 5.52. The van der Waals surface area contributed by atoms with Gasteiger partial charge < -0.3 is 19.7 Å². The Balaban J connectivity index is 1.29. The molecule has 1 aromatic heterocycles. The molecule has 1 amide bonds. The zero-order valence-electron chi connectivity index (χ0n) is 22.6. The summed E-state index contributed by atoms with van der Waals surface area (Å²) < 4.78 is 11.2. The number of amides is 1. The van der Waals surface area contributed by atoms with Gasteiger partial charge in [-0.15, -0.1) is 0 Å². The molecule has 3 aliphatic rings. The fraction of sp³-hybridized carbons (Fsp3) is 0.552. The molecule has 1 aliphatic carbocycles. The average Bonchev–Trinajstić information content (AvgIpc) is 3.33.